The van der Waals surface area contributed by atoms with Crippen LogP contribution in [0.3, 0.4) is 0 Å². The number of amides is 3. The number of hydrogen-bond acceptors (Lipinski definition) is 13. The Morgan fingerprint density at radius 2 is 1.79 bits per heavy atom. The molecule has 2 aliphatic heterocycles. The van der Waals surface area contributed by atoms with E-state index in [0.717, 1.165) is 21.2 Å². The molecular formula is C33H29F3N7NaO10S2. The maximum absolute atomic E-state index is 13.1. The molecule has 4 aromatic rings. The molecule has 3 amide bonds. The van der Waals surface area contributed by atoms with Crippen molar-refractivity contribution in [3.63, 3.8) is 0 Å². The van der Waals surface area contributed by atoms with E-state index in [9.17, 15) is 45.9 Å². The number of fused-ring (bicyclic) bond motifs is 1. The first-order chi connectivity index (χ1) is 25.9. The molecule has 1 fully saturated rings. The Hall–Kier alpha value is -5.13. The number of rotatable bonds is 10. The molecule has 0 unspecified atom stereocenters. The normalized spacial score (nSPS) is 16.7. The van der Waals surface area contributed by atoms with E-state index in [1.54, 1.807) is 30.3 Å². The summed E-state index contributed by atoms with van der Waals surface area (Å²) in [6.45, 7) is 1.48. The zero-order valence-electron chi connectivity index (χ0n) is 29.5. The van der Waals surface area contributed by atoms with Crippen LogP contribution in [0.4, 0.5) is 18.0 Å². The molecule has 2 atom stereocenters. The van der Waals surface area contributed by atoms with Crippen LogP contribution in [0, 0.1) is 6.92 Å². The van der Waals surface area contributed by atoms with Gasteiger partial charge in [-0.25, -0.2) is 23.0 Å². The largest absolute Gasteiger partial charge is 1.00 e. The third-order valence-electron chi connectivity index (χ3n) is 7.83. The van der Waals surface area contributed by atoms with Gasteiger partial charge in [-0.2, -0.15) is 18.3 Å². The summed E-state index contributed by atoms with van der Waals surface area (Å²) in [6.07, 6.45) is -4.34. The average molecular weight is 828 g/mol. The molecule has 1 saturated heterocycles. The Balaban J connectivity index is 0.000000246. The molecule has 23 heteroatoms. The number of carboxylic acid groups (broad SMARTS) is 1. The first kappa shape index (κ1) is 43.6. The molecule has 2 aliphatic rings. The summed E-state index contributed by atoms with van der Waals surface area (Å²) < 4.78 is 72.9. The van der Waals surface area contributed by atoms with Crippen LogP contribution in [0.1, 0.15) is 17.0 Å². The van der Waals surface area contributed by atoms with Gasteiger partial charge < -0.3 is 34.9 Å². The van der Waals surface area contributed by atoms with Gasteiger partial charge in [-0.05, 0) is 49.4 Å². The van der Waals surface area contributed by atoms with Crippen molar-refractivity contribution >= 4 is 51.4 Å². The Morgan fingerprint density at radius 3 is 2.32 bits per heavy atom. The van der Waals surface area contributed by atoms with Gasteiger partial charge in [0.05, 0.1) is 34.2 Å². The standard InChI is InChI=1S/C17H14F3N3O2S.C16H16N4O8S.Na/c1-11-2-4-12(5-3-11)15-10-16(17(18,19)20)22-23(15)13-6-8-14(9-7-13)26(21,24)25;1-26-19-9(8-3-2-4-27-8)12(21)18-10-13(22)20-11(15(23)24)7(5-28-16(17)25)6-29-14(10)20;/h2-10H,1H3,(H2,21,24,25);2-4,10,14H,5-6H2,1H3,(H2,17,25)(H,18,21)(H,23,24);/q;;+1/p-1/b;19-9+;/t;10-,14-;/m.1./s1. The smallest absolute Gasteiger partial charge is 0.543 e. The second kappa shape index (κ2) is 17.8. The number of carboxylic acids is 1. The molecule has 56 heavy (non-hydrogen) atoms. The van der Waals surface area contributed by atoms with Crippen LogP contribution >= 0.6 is 11.8 Å². The van der Waals surface area contributed by atoms with Gasteiger partial charge in [0.25, 0.3) is 11.8 Å². The summed E-state index contributed by atoms with van der Waals surface area (Å²) in [5, 5.41) is 25.7. The third kappa shape index (κ3) is 9.81. The van der Waals surface area contributed by atoms with Gasteiger partial charge in [-0.3, -0.25) is 14.5 Å². The number of carbonyl (C=O) groups excluding carboxylic acids is 4. The van der Waals surface area contributed by atoms with Gasteiger partial charge in [-0.15, -0.1) is 11.8 Å². The molecule has 4 heterocycles. The minimum atomic E-state index is -4.61. The number of sulfonamides is 1. The molecule has 5 N–H and O–H groups in total. The summed E-state index contributed by atoms with van der Waals surface area (Å²) in [5.41, 5.74) is 5.47. The van der Waals surface area contributed by atoms with E-state index in [2.05, 4.69) is 25.1 Å². The van der Waals surface area contributed by atoms with Crippen molar-refractivity contribution in [2.24, 2.45) is 16.0 Å². The number of β-lactam (4-membered cyclic amide) rings is 1. The van der Waals surface area contributed by atoms with Gasteiger partial charge in [0.1, 0.15) is 25.1 Å². The van der Waals surface area contributed by atoms with Crippen LogP contribution in [-0.4, -0.2) is 83.6 Å². The van der Waals surface area contributed by atoms with Crippen LogP contribution in [-0.2, 0) is 40.2 Å². The number of carbonyl (C=O) groups is 4. The van der Waals surface area contributed by atoms with Crippen molar-refractivity contribution in [1.29, 1.82) is 0 Å². The van der Waals surface area contributed by atoms with E-state index in [-0.39, 0.29) is 75.2 Å². The molecule has 2 aromatic heterocycles. The fourth-order valence-electron chi connectivity index (χ4n) is 5.28. The minimum Gasteiger partial charge on any atom is -0.543 e. The summed E-state index contributed by atoms with van der Waals surface area (Å²) in [4.78, 5) is 52.9. The van der Waals surface area contributed by atoms with Gasteiger partial charge in [-0.1, -0.05) is 35.0 Å². The molecule has 6 rings (SSSR count). The number of primary amides is 1. The number of nitrogens with one attached hydrogen (secondary N) is 1. The first-order valence-corrected chi connectivity index (χ1v) is 18.1. The number of hydrogen-bond donors (Lipinski definition) is 3. The fraction of sp³-hybridized carbons (Fsp3) is 0.212. The number of aryl methyl sites for hydroxylation is 1. The van der Waals surface area contributed by atoms with Gasteiger partial charge in [0.2, 0.25) is 15.7 Å². The fourth-order valence-corrected chi connectivity index (χ4v) is 7.12. The van der Waals surface area contributed by atoms with Crippen LogP contribution in [0.25, 0.3) is 16.9 Å². The Bertz CT molecular complexity index is 2280. The number of ether oxygens (including phenoxy) is 1. The number of nitrogens with zero attached hydrogens (tertiary/aromatic N) is 4. The number of furan rings is 1. The zero-order chi connectivity index (χ0) is 40.2. The minimum absolute atomic E-state index is 0. The van der Waals surface area contributed by atoms with Crippen LogP contribution in [0.15, 0.2) is 98.7 Å². The Kier molecular flexibility index (Phi) is 13.8. The van der Waals surface area contributed by atoms with Crippen LogP contribution < -0.4 is 50.9 Å². The molecule has 17 nitrogen and oxygen atoms in total. The summed E-state index contributed by atoms with van der Waals surface area (Å²) in [7, 11) is -2.65. The number of aliphatic carboxylic acids is 1. The number of alkyl halides is 3. The van der Waals surface area contributed by atoms with Gasteiger partial charge in [0.15, 0.2) is 11.5 Å². The molecule has 0 spiro atoms. The van der Waals surface area contributed by atoms with Crippen molar-refractivity contribution < 1.29 is 89.4 Å². The van der Waals surface area contributed by atoms with E-state index >= 15 is 0 Å². The molecular weight excluding hydrogens is 799 g/mol. The summed E-state index contributed by atoms with van der Waals surface area (Å²) in [6, 6.07) is 15.1. The molecule has 0 radical (unpaired) electrons. The first-order valence-electron chi connectivity index (χ1n) is 15.5. The molecule has 0 aliphatic carbocycles. The third-order valence-corrected chi connectivity index (χ3v) is 10.1. The van der Waals surface area contributed by atoms with Gasteiger partial charge in [0, 0.05) is 16.9 Å². The van der Waals surface area contributed by atoms with Crippen molar-refractivity contribution in [2.45, 2.75) is 29.4 Å². The van der Waals surface area contributed by atoms with E-state index in [0.29, 0.717) is 5.56 Å². The van der Waals surface area contributed by atoms with Crippen LogP contribution in [0.2, 0.25) is 0 Å². The monoisotopic (exact) mass is 827 g/mol. The zero-order valence-corrected chi connectivity index (χ0v) is 33.1. The number of thioether (sulfide) groups is 1. The van der Waals surface area contributed by atoms with Crippen molar-refractivity contribution in [1.82, 2.24) is 20.0 Å². The number of benzene rings is 2. The number of nitrogens with two attached hydrogens (primary N) is 2. The Labute approximate surface area is 342 Å². The number of halogens is 3. The molecule has 0 saturated carbocycles. The van der Waals surface area contributed by atoms with E-state index in [4.69, 9.17) is 15.3 Å². The van der Waals surface area contributed by atoms with Crippen molar-refractivity contribution in [3.8, 4) is 16.9 Å². The summed E-state index contributed by atoms with van der Waals surface area (Å²) in [5.74, 6) is -2.74. The molecule has 290 valence electrons. The Morgan fingerprint density at radius 1 is 1.12 bits per heavy atom. The second-order valence-electron chi connectivity index (χ2n) is 11.5. The summed E-state index contributed by atoms with van der Waals surface area (Å²) >= 11 is 1.18. The number of primary sulfonamides is 1. The number of oxime groups is 1. The van der Waals surface area contributed by atoms with Crippen LogP contribution in [0.5, 0.6) is 0 Å². The predicted molar refractivity (Wildman–Crippen MR) is 185 cm³/mol. The van der Waals surface area contributed by atoms with E-state index in [1.165, 1.54) is 55.5 Å². The predicted octanol–water partition coefficient (Wildman–Crippen LogP) is -1.35. The van der Waals surface area contributed by atoms with E-state index in [1.807, 2.05) is 6.92 Å². The SMILES string of the molecule is CO/N=C(/C(=O)N[C@@H]1C(=O)N2C(C(=O)[O-])=C(COC(N)=O)CS[C@H]12)c1ccco1.Cc1ccc(-c2cc(C(F)(F)F)nn2-c2ccc(S(N)(=O)=O)cc2)cc1.[Na+]. The average Bonchev–Trinajstić information content (AvgIpc) is 3.83. The quantitative estimate of drug-likeness (QED) is 0.0726. The maximum Gasteiger partial charge on any atom is 1.00 e. The van der Waals surface area contributed by atoms with E-state index < -0.39 is 62.9 Å². The van der Waals surface area contributed by atoms with Gasteiger partial charge >= 0.3 is 41.8 Å². The molecule has 2 aromatic carbocycles. The topological polar surface area (TPSA) is 255 Å². The second-order valence-corrected chi connectivity index (χ2v) is 14.2. The molecule has 0 bridgehead atoms. The number of aromatic nitrogens is 2. The maximum atomic E-state index is 13.1. The van der Waals surface area contributed by atoms with Crippen molar-refractivity contribution in [2.75, 3.05) is 19.5 Å². The van der Waals surface area contributed by atoms with Crippen molar-refractivity contribution in [3.05, 3.63) is 101 Å².